The number of piperidine rings is 1. The van der Waals surface area contributed by atoms with Gasteiger partial charge in [-0.05, 0) is 43.0 Å². The molecule has 1 fully saturated rings. The monoisotopic (exact) mass is 435 g/mol. The number of rotatable bonds is 4. The average Bonchev–Trinajstić information content (AvgIpc) is 3.17. The van der Waals surface area contributed by atoms with Crippen molar-refractivity contribution in [2.24, 2.45) is 5.92 Å². The molecule has 2 aliphatic heterocycles. The Morgan fingerprint density at radius 3 is 2.71 bits per heavy atom. The molecule has 1 aromatic heterocycles. The van der Waals surface area contributed by atoms with Gasteiger partial charge in [0.05, 0.1) is 22.0 Å². The number of amides is 1. The van der Waals surface area contributed by atoms with E-state index in [1.807, 2.05) is 17.0 Å². The van der Waals surface area contributed by atoms with Crippen LogP contribution in [0.25, 0.3) is 5.69 Å². The lowest BCUT2D eigenvalue weighted by molar-refractivity contribution is -0.129. The standard InChI is InChI=1S/C20H22ClN3O2S2/c1-13-6-9-23(10-7-13)17(25)12-28-20-22-16-8-11-27-18(16)19(26)24(20)15-4-2-14(21)3-5-15/h2-5,13H,6-12H2,1H3. The number of fused-ring (bicyclic) bond motifs is 1. The summed E-state index contributed by atoms with van der Waals surface area (Å²) in [7, 11) is 0. The Morgan fingerprint density at radius 2 is 2.00 bits per heavy atom. The molecule has 148 valence electrons. The number of carbonyl (C=O) groups is 1. The van der Waals surface area contributed by atoms with Gasteiger partial charge >= 0.3 is 0 Å². The molecular formula is C20H22ClN3O2S2. The number of aromatic nitrogens is 2. The molecule has 5 nitrogen and oxygen atoms in total. The van der Waals surface area contributed by atoms with Crippen LogP contribution in [-0.2, 0) is 11.2 Å². The van der Waals surface area contributed by atoms with Crippen LogP contribution in [0.3, 0.4) is 0 Å². The number of likely N-dealkylation sites (tertiary alicyclic amines) is 1. The number of carbonyl (C=O) groups excluding carboxylic acids is 1. The van der Waals surface area contributed by atoms with E-state index in [0.717, 1.165) is 54.4 Å². The molecule has 1 amide bonds. The minimum atomic E-state index is -0.0587. The van der Waals surface area contributed by atoms with Crippen molar-refractivity contribution in [2.75, 3.05) is 24.6 Å². The summed E-state index contributed by atoms with van der Waals surface area (Å²) in [6.45, 7) is 3.87. The van der Waals surface area contributed by atoms with Gasteiger partial charge in [-0.15, -0.1) is 11.8 Å². The average molecular weight is 436 g/mol. The summed E-state index contributed by atoms with van der Waals surface area (Å²) in [5, 5.41) is 1.19. The maximum absolute atomic E-state index is 13.1. The highest BCUT2D eigenvalue weighted by Crippen LogP contribution is 2.30. The molecule has 0 unspecified atom stereocenters. The molecule has 3 heterocycles. The molecule has 0 atom stereocenters. The molecule has 2 aliphatic rings. The highest BCUT2D eigenvalue weighted by atomic mass is 35.5. The van der Waals surface area contributed by atoms with Crippen LogP contribution in [-0.4, -0.2) is 45.0 Å². The van der Waals surface area contributed by atoms with E-state index in [2.05, 4.69) is 6.92 Å². The molecule has 0 saturated carbocycles. The number of halogens is 1. The van der Waals surface area contributed by atoms with Crippen molar-refractivity contribution in [1.82, 2.24) is 14.5 Å². The van der Waals surface area contributed by atoms with Gasteiger partial charge in [0, 0.05) is 30.3 Å². The van der Waals surface area contributed by atoms with Crippen molar-refractivity contribution >= 4 is 41.0 Å². The van der Waals surface area contributed by atoms with Crippen LogP contribution < -0.4 is 5.56 Å². The zero-order valence-corrected chi connectivity index (χ0v) is 18.1. The van der Waals surface area contributed by atoms with Crippen molar-refractivity contribution in [3.05, 3.63) is 45.3 Å². The molecule has 28 heavy (non-hydrogen) atoms. The van der Waals surface area contributed by atoms with Gasteiger partial charge in [0.25, 0.3) is 5.56 Å². The molecule has 0 N–H and O–H groups in total. The molecule has 8 heteroatoms. The van der Waals surface area contributed by atoms with Crippen molar-refractivity contribution < 1.29 is 4.79 Å². The van der Waals surface area contributed by atoms with E-state index in [9.17, 15) is 9.59 Å². The zero-order chi connectivity index (χ0) is 19.7. The van der Waals surface area contributed by atoms with E-state index < -0.39 is 0 Å². The summed E-state index contributed by atoms with van der Waals surface area (Å²) < 4.78 is 1.61. The first-order chi connectivity index (χ1) is 13.5. The summed E-state index contributed by atoms with van der Waals surface area (Å²) in [6.07, 6.45) is 2.91. The second kappa shape index (κ2) is 8.51. The van der Waals surface area contributed by atoms with Gasteiger partial charge in [0.1, 0.15) is 0 Å². The summed E-state index contributed by atoms with van der Waals surface area (Å²) in [6, 6.07) is 7.15. The fourth-order valence-corrected chi connectivity index (χ4v) is 5.56. The third-order valence-electron chi connectivity index (χ3n) is 5.21. The van der Waals surface area contributed by atoms with Crippen LogP contribution >= 0.6 is 35.1 Å². The van der Waals surface area contributed by atoms with Crippen LogP contribution in [0, 0.1) is 5.92 Å². The fourth-order valence-electron chi connectivity index (χ4n) is 3.48. The minimum absolute atomic E-state index is 0.0587. The Kier molecular flexibility index (Phi) is 6.04. The number of hydrogen-bond donors (Lipinski definition) is 0. The second-order valence-corrected chi connectivity index (χ2v) is 9.72. The number of benzene rings is 1. The van der Waals surface area contributed by atoms with Crippen molar-refractivity contribution in [3.8, 4) is 5.69 Å². The fraction of sp³-hybridized carbons (Fsp3) is 0.450. The summed E-state index contributed by atoms with van der Waals surface area (Å²) >= 11 is 8.91. The highest BCUT2D eigenvalue weighted by molar-refractivity contribution is 8.00. The third kappa shape index (κ3) is 4.11. The van der Waals surface area contributed by atoms with E-state index in [-0.39, 0.29) is 11.5 Å². The van der Waals surface area contributed by atoms with Crippen LogP contribution in [0.1, 0.15) is 25.5 Å². The number of thioether (sulfide) groups is 2. The van der Waals surface area contributed by atoms with Gasteiger partial charge in [-0.3, -0.25) is 14.2 Å². The van der Waals surface area contributed by atoms with Crippen LogP contribution in [0.15, 0.2) is 39.1 Å². The molecule has 0 aliphatic carbocycles. The maximum Gasteiger partial charge on any atom is 0.272 e. The zero-order valence-electron chi connectivity index (χ0n) is 15.7. The lowest BCUT2D eigenvalue weighted by Gasteiger charge is -2.30. The van der Waals surface area contributed by atoms with Gasteiger partial charge in [-0.1, -0.05) is 30.3 Å². The lowest BCUT2D eigenvalue weighted by Crippen LogP contribution is -2.39. The van der Waals surface area contributed by atoms with Gasteiger partial charge in [0.2, 0.25) is 5.91 Å². The van der Waals surface area contributed by atoms with Crippen molar-refractivity contribution in [2.45, 2.75) is 36.2 Å². The van der Waals surface area contributed by atoms with E-state index in [1.165, 1.54) is 11.8 Å². The quantitative estimate of drug-likeness (QED) is 0.538. The summed E-state index contributed by atoms with van der Waals surface area (Å²) in [5.74, 6) is 1.96. The third-order valence-corrected chi connectivity index (χ3v) is 7.49. The largest absolute Gasteiger partial charge is 0.342 e. The van der Waals surface area contributed by atoms with E-state index in [1.54, 1.807) is 28.5 Å². The first-order valence-corrected chi connectivity index (χ1v) is 11.8. The normalized spacial score (nSPS) is 17.0. The van der Waals surface area contributed by atoms with Gasteiger partial charge in [0.15, 0.2) is 5.16 Å². The van der Waals surface area contributed by atoms with Gasteiger partial charge < -0.3 is 4.90 Å². The predicted octanol–water partition coefficient (Wildman–Crippen LogP) is 3.88. The first kappa shape index (κ1) is 19.9. The molecule has 0 radical (unpaired) electrons. The molecule has 0 bridgehead atoms. The Balaban J connectivity index is 1.61. The molecule has 1 aromatic carbocycles. The van der Waals surface area contributed by atoms with Crippen molar-refractivity contribution in [3.63, 3.8) is 0 Å². The first-order valence-electron chi connectivity index (χ1n) is 9.48. The SMILES string of the molecule is CC1CCN(C(=O)CSc2nc3c(c(=O)n2-c2ccc(Cl)cc2)SCC3)CC1. The van der Waals surface area contributed by atoms with E-state index in [4.69, 9.17) is 16.6 Å². The highest BCUT2D eigenvalue weighted by Gasteiger charge is 2.24. The van der Waals surface area contributed by atoms with Gasteiger partial charge in [-0.25, -0.2) is 4.98 Å². The molecular weight excluding hydrogens is 414 g/mol. The number of nitrogens with zero attached hydrogens (tertiary/aromatic N) is 3. The summed E-state index contributed by atoms with van der Waals surface area (Å²) in [4.78, 5) is 33.2. The summed E-state index contributed by atoms with van der Waals surface area (Å²) in [5.41, 5.74) is 1.51. The lowest BCUT2D eigenvalue weighted by atomic mass is 9.99. The Morgan fingerprint density at radius 1 is 1.29 bits per heavy atom. The van der Waals surface area contributed by atoms with Crippen LogP contribution in [0.2, 0.25) is 5.02 Å². The van der Waals surface area contributed by atoms with E-state index in [0.29, 0.717) is 21.8 Å². The van der Waals surface area contributed by atoms with Crippen LogP contribution in [0.5, 0.6) is 0 Å². The van der Waals surface area contributed by atoms with Crippen LogP contribution in [0.4, 0.5) is 0 Å². The second-order valence-electron chi connectivity index (χ2n) is 7.24. The number of aryl methyl sites for hydroxylation is 1. The topological polar surface area (TPSA) is 55.2 Å². The molecule has 0 spiro atoms. The number of hydrogen-bond acceptors (Lipinski definition) is 5. The Labute approximate surface area is 177 Å². The predicted molar refractivity (Wildman–Crippen MR) is 115 cm³/mol. The maximum atomic E-state index is 13.1. The van der Waals surface area contributed by atoms with Crippen molar-refractivity contribution in [1.29, 1.82) is 0 Å². The Bertz CT molecular complexity index is 938. The Hall–Kier alpha value is -1.44. The molecule has 4 rings (SSSR count). The van der Waals surface area contributed by atoms with E-state index >= 15 is 0 Å². The smallest absolute Gasteiger partial charge is 0.272 e. The minimum Gasteiger partial charge on any atom is -0.342 e. The molecule has 2 aromatic rings. The molecule has 1 saturated heterocycles. The van der Waals surface area contributed by atoms with Gasteiger partial charge in [-0.2, -0.15) is 0 Å².